The van der Waals surface area contributed by atoms with Gasteiger partial charge in [-0.2, -0.15) is 0 Å². The highest BCUT2D eigenvalue weighted by atomic mass is 15.1. The smallest absolute Gasteiger partial charge is 0.0468 e. The highest BCUT2D eigenvalue weighted by molar-refractivity contribution is 6.22. The Morgan fingerprint density at radius 2 is 0.621 bits per heavy atom. The minimum Gasteiger partial charge on any atom is -0.356 e. The Morgan fingerprint density at radius 3 is 1.10 bits per heavy atom. The minimum absolute atomic E-state index is 1.04. The van der Waals surface area contributed by atoms with Crippen molar-refractivity contribution in [1.82, 2.24) is 0 Å². The van der Waals surface area contributed by atoms with Crippen molar-refractivity contribution in [2.45, 2.75) is 0 Å². The second kappa shape index (κ2) is 15.5. The van der Waals surface area contributed by atoms with E-state index < -0.39 is 0 Å². The molecule has 10 rings (SSSR count). The van der Waals surface area contributed by atoms with Crippen LogP contribution in [0.3, 0.4) is 0 Å². The summed E-state index contributed by atoms with van der Waals surface area (Å²) in [5, 5.41) is 8.48. The van der Waals surface area contributed by atoms with E-state index in [-0.39, 0.29) is 0 Å². The van der Waals surface area contributed by atoms with E-state index in [1.54, 1.807) is 0 Å². The zero-order valence-electron chi connectivity index (χ0n) is 32.0. The molecule has 0 saturated carbocycles. The van der Waals surface area contributed by atoms with Crippen LogP contribution in [0.2, 0.25) is 0 Å². The lowest BCUT2D eigenvalue weighted by Gasteiger charge is -2.27. The van der Waals surface area contributed by atoms with Crippen LogP contribution in [-0.2, 0) is 0 Å². The van der Waals surface area contributed by atoms with E-state index in [0.717, 1.165) is 28.4 Å². The van der Waals surface area contributed by atoms with Crippen LogP contribution in [0.1, 0.15) is 0 Å². The summed E-state index contributed by atoms with van der Waals surface area (Å²) in [6.45, 7) is 0. The number of rotatable bonds is 9. The maximum Gasteiger partial charge on any atom is 0.0468 e. The predicted molar refractivity (Wildman–Crippen MR) is 248 cm³/mol. The molecule has 274 valence electrons. The van der Waals surface area contributed by atoms with Gasteiger partial charge in [-0.1, -0.05) is 176 Å². The van der Waals surface area contributed by atoms with Gasteiger partial charge in [0.15, 0.2) is 0 Å². The van der Waals surface area contributed by atoms with Gasteiger partial charge in [-0.05, 0) is 127 Å². The largest absolute Gasteiger partial charge is 0.356 e. The summed E-state index contributed by atoms with van der Waals surface area (Å²) in [6.07, 6.45) is 0. The Hall–Kier alpha value is -7.68. The second-order valence-corrected chi connectivity index (χ2v) is 14.6. The molecule has 0 aromatic heterocycles. The van der Waals surface area contributed by atoms with Gasteiger partial charge in [0.1, 0.15) is 0 Å². The van der Waals surface area contributed by atoms with Crippen LogP contribution in [0, 0.1) is 0 Å². The third-order valence-electron chi connectivity index (χ3n) is 11.0. The fraction of sp³-hybridized carbons (Fsp3) is 0. The minimum atomic E-state index is 1.04. The fourth-order valence-corrected chi connectivity index (χ4v) is 8.26. The zero-order chi connectivity index (χ0) is 38.7. The topological polar surface area (TPSA) is 15.3 Å². The van der Waals surface area contributed by atoms with Crippen molar-refractivity contribution in [2.75, 3.05) is 10.2 Å². The van der Waals surface area contributed by atoms with Crippen LogP contribution in [-0.4, -0.2) is 0 Å². The third kappa shape index (κ3) is 6.78. The molecule has 10 aromatic rings. The molecule has 2 heteroatoms. The fourth-order valence-electron chi connectivity index (χ4n) is 8.26. The van der Waals surface area contributed by atoms with Gasteiger partial charge in [0.25, 0.3) is 0 Å². The first-order valence-corrected chi connectivity index (χ1v) is 19.8. The summed E-state index contributed by atoms with van der Waals surface area (Å²) < 4.78 is 0. The summed E-state index contributed by atoms with van der Waals surface area (Å²) in [5.41, 5.74) is 15.0. The molecule has 10 aromatic carbocycles. The van der Waals surface area contributed by atoms with Crippen LogP contribution in [0.4, 0.5) is 28.4 Å². The number of para-hydroxylation sites is 3. The van der Waals surface area contributed by atoms with Gasteiger partial charge in [-0.15, -0.1) is 0 Å². The first kappa shape index (κ1) is 34.8. The number of fused-ring (bicyclic) bond motifs is 2. The first-order chi connectivity index (χ1) is 28.8. The van der Waals surface area contributed by atoms with Gasteiger partial charge in [-0.3, -0.25) is 0 Å². The molecule has 0 spiro atoms. The molecule has 1 N–H and O–H groups in total. The molecule has 58 heavy (non-hydrogen) atoms. The van der Waals surface area contributed by atoms with Gasteiger partial charge in [-0.25, -0.2) is 0 Å². The number of hydrogen-bond acceptors (Lipinski definition) is 2. The standard InChI is InChI=1S/C56H40N2/c1-6-16-40(17-7-1)42-26-30-44(31-27-42)55-52-37-35-50(58(48-22-12-4-13-23-48)49-24-14-5-15-25-49)39-54(52)56(45-32-28-43(29-33-45)41-18-8-2-9-19-41)51-36-34-47(38-53(51)55)57-46-20-10-3-11-21-46/h1-39,57H. The number of hydrogen-bond donors (Lipinski definition) is 1. The number of nitrogens with one attached hydrogen (secondary N) is 1. The zero-order valence-corrected chi connectivity index (χ0v) is 32.0. The summed E-state index contributed by atoms with van der Waals surface area (Å²) in [7, 11) is 0. The van der Waals surface area contributed by atoms with Crippen LogP contribution in [0.5, 0.6) is 0 Å². The van der Waals surface area contributed by atoms with E-state index in [1.165, 1.54) is 66.1 Å². The SMILES string of the molecule is c1ccc(Nc2ccc3c(-c4ccc(-c5ccccc5)cc4)c4cc(N(c5ccccc5)c5ccccc5)ccc4c(-c4ccc(-c5ccccc5)cc4)c3c2)cc1. The third-order valence-corrected chi connectivity index (χ3v) is 11.0. The molecule has 0 bridgehead atoms. The highest BCUT2D eigenvalue weighted by Gasteiger charge is 2.21. The molecule has 0 heterocycles. The van der Waals surface area contributed by atoms with E-state index in [2.05, 4.69) is 247 Å². The lowest BCUT2D eigenvalue weighted by atomic mass is 9.85. The molecule has 2 nitrogen and oxygen atoms in total. The molecular formula is C56H40N2. The van der Waals surface area contributed by atoms with Crippen molar-refractivity contribution >= 4 is 50.0 Å². The van der Waals surface area contributed by atoms with Crippen molar-refractivity contribution in [3.63, 3.8) is 0 Å². The van der Waals surface area contributed by atoms with E-state index in [4.69, 9.17) is 0 Å². The average molecular weight is 741 g/mol. The molecule has 0 unspecified atom stereocenters. The number of nitrogens with zero attached hydrogens (tertiary/aromatic N) is 1. The predicted octanol–water partition coefficient (Wildman–Crippen LogP) is 15.9. The van der Waals surface area contributed by atoms with Gasteiger partial charge in [0.2, 0.25) is 0 Å². The molecule has 0 saturated heterocycles. The monoisotopic (exact) mass is 740 g/mol. The first-order valence-electron chi connectivity index (χ1n) is 19.8. The lowest BCUT2D eigenvalue weighted by molar-refractivity contribution is 1.29. The van der Waals surface area contributed by atoms with Gasteiger partial charge < -0.3 is 10.2 Å². The summed E-state index contributed by atoms with van der Waals surface area (Å²) in [4.78, 5) is 2.35. The molecule has 0 amide bonds. The molecule has 0 aliphatic rings. The molecular weight excluding hydrogens is 701 g/mol. The highest BCUT2D eigenvalue weighted by Crippen LogP contribution is 2.47. The van der Waals surface area contributed by atoms with Crippen LogP contribution in [0.15, 0.2) is 237 Å². The van der Waals surface area contributed by atoms with Gasteiger partial charge >= 0.3 is 0 Å². The van der Waals surface area contributed by atoms with E-state index in [9.17, 15) is 0 Å². The van der Waals surface area contributed by atoms with E-state index in [0.29, 0.717) is 0 Å². The summed E-state index contributed by atoms with van der Waals surface area (Å²) in [6, 6.07) is 85.0. The van der Waals surface area contributed by atoms with E-state index >= 15 is 0 Å². The Kier molecular flexibility index (Phi) is 9.27. The number of benzene rings is 10. The van der Waals surface area contributed by atoms with Crippen molar-refractivity contribution < 1.29 is 0 Å². The number of anilines is 5. The van der Waals surface area contributed by atoms with Crippen molar-refractivity contribution in [3.8, 4) is 44.5 Å². The summed E-state index contributed by atoms with van der Waals surface area (Å²) in [5.74, 6) is 0. The quantitative estimate of drug-likeness (QED) is 0.148. The molecule has 0 atom stereocenters. The molecule has 0 aliphatic heterocycles. The lowest BCUT2D eigenvalue weighted by Crippen LogP contribution is -2.09. The average Bonchev–Trinajstić information content (AvgIpc) is 3.30. The Balaban J connectivity index is 1.25. The van der Waals surface area contributed by atoms with Crippen molar-refractivity contribution in [1.29, 1.82) is 0 Å². The molecule has 0 fully saturated rings. The van der Waals surface area contributed by atoms with Gasteiger partial charge in [0, 0.05) is 28.4 Å². The second-order valence-electron chi connectivity index (χ2n) is 14.6. The molecule has 0 aliphatic carbocycles. The Bertz CT molecular complexity index is 2920. The van der Waals surface area contributed by atoms with Crippen LogP contribution < -0.4 is 10.2 Å². The maximum absolute atomic E-state index is 3.69. The van der Waals surface area contributed by atoms with Crippen LogP contribution in [0.25, 0.3) is 66.1 Å². The van der Waals surface area contributed by atoms with Crippen molar-refractivity contribution in [3.05, 3.63) is 237 Å². The summed E-state index contributed by atoms with van der Waals surface area (Å²) >= 11 is 0. The molecule has 0 radical (unpaired) electrons. The maximum atomic E-state index is 3.69. The Labute approximate surface area is 340 Å². The van der Waals surface area contributed by atoms with Gasteiger partial charge in [0.05, 0.1) is 0 Å². The normalized spacial score (nSPS) is 11.1. The van der Waals surface area contributed by atoms with Crippen LogP contribution >= 0.6 is 0 Å². The van der Waals surface area contributed by atoms with E-state index in [1.807, 2.05) is 0 Å². The Morgan fingerprint density at radius 1 is 0.241 bits per heavy atom. The van der Waals surface area contributed by atoms with Crippen molar-refractivity contribution in [2.24, 2.45) is 0 Å².